The molecule has 128 valence electrons. The Balaban J connectivity index is 1.68. The van der Waals surface area contributed by atoms with Gasteiger partial charge in [-0.05, 0) is 44.6 Å². The van der Waals surface area contributed by atoms with Crippen LogP contribution in [0.3, 0.4) is 0 Å². The van der Waals surface area contributed by atoms with E-state index in [1.54, 1.807) is 6.20 Å². The lowest BCUT2D eigenvalue weighted by Gasteiger charge is -2.28. The SMILES string of the molecule is Cc1noc(C)c1CCC(=O)N(Cc1ccccn1)C1CCSC1. The maximum absolute atomic E-state index is 12.9. The van der Waals surface area contributed by atoms with E-state index in [1.807, 2.05) is 48.7 Å². The number of aromatic nitrogens is 2. The van der Waals surface area contributed by atoms with Crippen molar-refractivity contribution >= 4 is 17.7 Å². The zero-order valence-corrected chi connectivity index (χ0v) is 15.0. The molecule has 1 saturated heterocycles. The molecule has 2 aromatic rings. The van der Waals surface area contributed by atoms with Crippen molar-refractivity contribution in [2.24, 2.45) is 0 Å². The summed E-state index contributed by atoms with van der Waals surface area (Å²) in [6.45, 7) is 4.42. The van der Waals surface area contributed by atoms with Gasteiger partial charge in [-0.25, -0.2) is 0 Å². The molecule has 1 unspecified atom stereocenters. The van der Waals surface area contributed by atoms with Crippen molar-refractivity contribution in [3.63, 3.8) is 0 Å². The third-order valence-corrected chi connectivity index (χ3v) is 5.64. The molecule has 6 heteroatoms. The molecule has 1 aliphatic heterocycles. The second-order valence-electron chi connectivity index (χ2n) is 6.16. The van der Waals surface area contributed by atoms with Crippen LogP contribution in [0.15, 0.2) is 28.9 Å². The quantitative estimate of drug-likeness (QED) is 0.805. The zero-order chi connectivity index (χ0) is 16.9. The summed E-state index contributed by atoms with van der Waals surface area (Å²) in [5.74, 6) is 3.14. The van der Waals surface area contributed by atoms with Crippen molar-refractivity contribution in [1.82, 2.24) is 15.0 Å². The molecule has 0 spiro atoms. The van der Waals surface area contributed by atoms with Gasteiger partial charge in [-0.1, -0.05) is 11.2 Å². The largest absolute Gasteiger partial charge is 0.361 e. The highest BCUT2D eigenvalue weighted by atomic mass is 32.2. The number of pyridine rings is 1. The van der Waals surface area contributed by atoms with Gasteiger partial charge < -0.3 is 9.42 Å². The van der Waals surface area contributed by atoms with Crippen LogP contribution in [0.5, 0.6) is 0 Å². The number of thioether (sulfide) groups is 1. The molecule has 0 saturated carbocycles. The van der Waals surface area contributed by atoms with Gasteiger partial charge in [0.05, 0.1) is 17.9 Å². The van der Waals surface area contributed by atoms with Crippen molar-refractivity contribution in [2.45, 2.75) is 45.7 Å². The first-order chi connectivity index (χ1) is 11.6. The number of carbonyl (C=O) groups is 1. The average molecular weight is 345 g/mol. The Bertz CT molecular complexity index is 661. The van der Waals surface area contributed by atoms with Gasteiger partial charge in [0.15, 0.2) is 0 Å². The summed E-state index contributed by atoms with van der Waals surface area (Å²) in [4.78, 5) is 19.3. The van der Waals surface area contributed by atoms with Crippen LogP contribution in [-0.2, 0) is 17.8 Å². The molecular formula is C18H23N3O2S. The number of hydrogen-bond donors (Lipinski definition) is 0. The standard InChI is InChI=1S/C18H23N3O2S/c1-13-17(14(2)23-20-13)6-7-18(22)21(16-8-10-24-12-16)11-15-5-3-4-9-19-15/h3-5,9,16H,6-8,10-12H2,1-2H3. The van der Waals surface area contributed by atoms with E-state index in [9.17, 15) is 4.79 Å². The molecular weight excluding hydrogens is 322 g/mol. The van der Waals surface area contributed by atoms with E-state index in [4.69, 9.17) is 4.52 Å². The second-order valence-corrected chi connectivity index (χ2v) is 7.31. The molecule has 0 N–H and O–H groups in total. The van der Waals surface area contributed by atoms with Crippen LogP contribution in [0.25, 0.3) is 0 Å². The molecule has 5 nitrogen and oxygen atoms in total. The van der Waals surface area contributed by atoms with E-state index in [0.29, 0.717) is 25.4 Å². The van der Waals surface area contributed by atoms with Crippen molar-refractivity contribution in [1.29, 1.82) is 0 Å². The van der Waals surface area contributed by atoms with E-state index in [1.165, 1.54) is 0 Å². The van der Waals surface area contributed by atoms with Crippen molar-refractivity contribution in [3.8, 4) is 0 Å². The lowest BCUT2D eigenvalue weighted by atomic mass is 10.1. The maximum Gasteiger partial charge on any atom is 0.223 e. The molecule has 2 aromatic heterocycles. The highest BCUT2D eigenvalue weighted by Gasteiger charge is 2.27. The zero-order valence-electron chi connectivity index (χ0n) is 14.2. The molecule has 1 amide bonds. The summed E-state index contributed by atoms with van der Waals surface area (Å²) in [7, 11) is 0. The van der Waals surface area contributed by atoms with Gasteiger partial charge in [0.25, 0.3) is 0 Å². The number of nitrogens with zero attached hydrogens (tertiary/aromatic N) is 3. The second kappa shape index (κ2) is 7.83. The lowest BCUT2D eigenvalue weighted by molar-refractivity contribution is -0.133. The van der Waals surface area contributed by atoms with Crippen molar-refractivity contribution in [2.75, 3.05) is 11.5 Å². The van der Waals surface area contributed by atoms with E-state index in [2.05, 4.69) is 10.1 Å². The molecule has 1 fully saturated rings. The summed E-state index contributed by atoms with van der Waals surface area (Å²) < 4.78 is 5.20. The van der Waals surface area contributed by atoms with Crippen LogP contribution in [0.2, 0.25) is 0 Å². The molecule has 0 aliphatic carbocycles. The van der Waals surface area contributed by atoms with Gasteiger partial charge in [0.2, 0.25) is 5.91 Å². The normalized spacial score (nSPS) is 17.2. The number of amides is 1. The van der Waals surface area contributed by atoms with Crippen LogP contribution >= 0.6 is 11.8 Å². The van der Waals surface area contributed by atoms with E-state index in [0.717, 1.165) is 40.6 Å². The Morgan fingerprint density at radius 3 is 2.92 bits per heavy atom. The number of rotatable bonds is 6. The molecule has 1 aliphatic rings. The Hall–Kier alpha value is -1.82. The molecule has 24 heavy (non-hydrogen) atoms. The Morgan fingerprint density at radius 1 is 1.42 bits per heavy atom. The van der Waals surface area contributed by atoms with Gasteiger partial charge in [-0.3, -0.25) is 9.78 Å². The van der Waals surface area contributed by atoms with Crippen molar-refractivity contribution < 1.29 is 9.32 Å². The van der Waals surface area contributed by atoms with E-state index < -0.39 is 0 Å². The van der Waals surface area contributed by atoms with Crippen LogP contribution in [0, 0.1) is 13.8 Å². The van der Waals surface area contributed by atoms with Gasteiger partial charge in [0.1, 0.15) is 5.76 Å². The number of hydrogen-bond acceptors (Lipinski definition) is 5. The first-order valence-electron chi connectivity index (χ1n) is 8.34. The minimum Gasteiger partial charge on any atom is -0.361 e. The summed E-state index contributed by atoms with van der Waals surface area (Å²) in [5.41, 5.74) is 2.88. The van der Waals surface area contributed by atoms with Gasteiger partial charge in [-0.2, -0.15) is 11.8 Å². The van der Waals surface area contributed by atoms with Crippen LogP contribution in [-0.4, -0.2) is 38.5 Å². The van der Waals surface area contributed by atoms with Crippen LogP contribution < -0.4 is 0 Å². The Labute approximate surface area is 146 Å². The topological polar surface area (TPSA) is 59.2 Å². The molecule has 0 radical (unpaired) electrons. The predicted octanol–water partition coefficient (Wildman–Crippen LogP) is 3.15. The smallest absolute Gasteiger partial charge is 0.223 e. The highest BCUT2D eigenvalue weighted by Crippen LogP contribution is 2.25. The van der Waals surface area contributed by atoms with Crippen molar-refractivity contribution in [3.05, 3.63) is 47.1 Å². The predicted molar refractivity (Wildman–Crippen MR) is 94.8 cm³/mol. The lowest BCUT2D eigenvalue weighted by Crippen LogP contribution is -2.40. The molecule has 0 bridgehead atoms. The monoisotopic (exact) mass is 345 g/mol. The Morgan fingerprint density at radius 2 is 2.29 bits per heavy atom. The summed E-state index contributed by atoms with van der Waals surface area (Å²) in [6, 6.07) is 6.17. The maximum atomic E-state index is 12.9. The molecule has 0 aromatic carbocycles. The minimum atomic E-state index is 0.188. The van der Waals surface area contributed by atoms with Gasteiger partial charge in [-0.15, -0.1) is 0 Å². The first-order valence-corrected chi connectivity index (χ1v) is 9.49. The highest BCUT2D eigenvalue weighted by molar-refractivity contribution is 7.99. The fraction of sp³-hybridized carbons (Fsp3) is 0.500. The Kier molecular flexibility index (Phi) is 5.56. The van der Waals surface area contributed by atoms with Crippen LogP contribution in [0.1, 0.15) is 35.6 Å². The summed E-state index contributed by atoms with van der Waals surface area (Å²) in [6.07, 6.45) is 4.01. The number of carbonyl (C=O) groups excluding carboxylic acids is 1. The number of aryl methyl sites for hydroxylation is 2. The fourth-order valence-corrected chi connectivity index (χ4v) is 4.31. The van der Waals surface area contributed by atoms with Gasteiger partial charge in [0, 0.05) is 30.0 Å². The molecule has 1 atom stereocenters. The summed E-state index contributed by atoms with van der Waals surface area (Å²) >= 11 is 1.92. The first kappa shape index (κ1) is 17.0. The van der Waals surface area contributed by atoms with E-state index >= 15 is 0 Å². The average Bonchev–Trinajstić information content (AvgIpc) is 3.22. The minimum absolute atomic E-state index is 0.188. The van der Waals surface area contributed by atoms with E-state index in [-0.39, 0.29) is 5.91 Å². The third kappa shape index (κ3) is 3.98. The molecule has 3 rings (SSSR count). The summed E-state index contributed by atoms with van der Waals surface area (Å²) in [5, 5.41) is 3.97. The van der Waals surface area contributed by atoms with Crippen LogP contribution in [0.4, 0.5) is 0 Å². The fourth-order valence-electron chi connectivity index (χ4n) is 3.09. The molecule has 3 heterocycles. The third-order valence-electron chi connectivity index (χ3n) is 4.50. The van der Waals surface area contributed by atoms with Gasteiger partial charge >= 0.3 is 0 Å².